The summed E-state index contributed by atoms with van der Waals surface area (Å²) in [6.45, 7) is 1.53. The number of nitrogens with one attached hydrogen (secondary N) is 1. The number of rotatable bonds is 3. The van der Waals surface area contributed by atoms with Crippen molar-refractivity contribution >= 4 is 37.5 Å². The van der Waals surface area contributed by atoms with Crippen LogP contribution in [0.4, 0.5) is 5.69 Å². The lowest BCUT2D eigenvalue weighted by molar-refractivity contribution is 0.0793. The van der Waals surface area contributed by atoms with E-state index in [2.05, 4.69) is 20.7 Å². The SMILES string of the molecule is CS(=O)(=O)Nc1cc(Br)cc(C(=O)N2CCCC2)c1. The zero-order valence-electron chi connectivity index (χ0n) is 10.5. The molecule has 0 aromatic heterocycles. The molecule has 1 amide bonds. The predicted molar refractivity (Wildman–Crippen MR) is 77.7 cm³/mol. The van der Waals surface area contributed by atoms with Crippen LogP contribution in [0.15, 0.2) is 22.7 Å². The summed E-state index contributed by atoms with van der Waals surface area (Å²) in [5.74, 6) is -0.0599. The van der Waals surface area contributed by atoms with Crippen molar-refractivity contribution in [3.05, 3.63) is 28.2 Å². The van der Waals surface area contributed by atoms with E-state index in [0.717, 1.165) is 32.2 Å². The molecule has 1 fully saturated rings. The van der Waals surface area contributed by atoms with E-state index in [9.17, 15) is 13.2 Å². The molecule has 1 aromatic carbocycles. The first-order valence-corrected chi connectivity index (χ1v) is 8.61. The second-order valence-electron chi connectivity index (χ2n) is 4.60. The van der Waals surface area contributed by atoms with Crippen molar-refractivity contribution < 1.29 is 13.2 Å². The lowest BCUT2D eigenvalue weighted by atomic mass is 10.2. The quantitative estimate of drug-likeness (QED) is 0.910. The van der Waals surface area contributed by atoms with E-state index in [1.807, 2.05) is 0 Å². The maximum Gasteiger partial charge on any atom is 0.253 e. The summed E-state index contributed by atoms with van der Waals surface area (Å²) in [6.07, 6.45) is 3.12. The third kappa shape index (κ3) is 3.94. The average Bonchev–Trinajstić information content (AvgIpc) is 2.77. The predicted octanol–water partition coefficient (Wildman–Crippen LogP) is 2.06. The number of amides is 1. The molecule has 2 rings (SSSR count). The lowest BCUT2D eigenvalue weighted by Crippen LogP contribution is -2.27. The van der Waals surface area contributed by atoms with Crippen LogP contribution in [-0.4, -0.2) is 38.6 Å². The highest BCUT2D eigenvalue weighted by Crippen LogP contribution is 2.22. The van der Waals surface area contributed by atoms with Gasteiger partial charge >= 0.3 is 0 Å². The van der Waals surface area contributed by atoms with Crippen LogP contribution in [0.1, 0.15) is 23.2 Å². The van der Waals surface area contributed by atoms with E-state index in [0.29, 0.717) is 15.7 Å². The molecule has 0 bridgehead atoms. The molecule has 0 saturated carbocycles. The third-order valence-corrected chi connectivity index (χ3v) is 3.91. The number of halogens is 1. The van der Waals surface area contributed by atoms with E-state index >= 15 is 0 Å². The molecule has 19 heavy (non-hydrogen) atoms. The van der Waals surface area contributed by atoms with Crippen LogP contribution in [0, 0.1) is 0 Å². The molecule has 0 unspecified atom stereocenters. The summed E-state index contributed by atoms with van der Waals surface area (Å²) < 4.78 is 25.5. The Morgan fingerprint density at radius 1 is 1.26 bits per heavy atom. The fourth-order valence-electron chi connectivity index (χ4n) is 2.09. The molecule has 104 valence electrons. The maximum absolute atomic E-state index is 12.2. The van der Waals surface area contributed by atoms with Gasteiger partial charge < -0.3 is 4.90 Å². The van der Waals surface area contributed by atoms with Gasteiger partial charge in [-0.3, -0.25) is 9.52 Å². The fourth-order valence-corrected chi connectivity index (χ4v) is 3.13. The number of anilines is 1. The van der Waals surface area contributed by atoms with E-state index in [1.54, 1.807) is 23.1 Å². The summed E-state index contributed by atoms with van der Waals surface area (Å²) in [6, 6.07) is 4.89. The van der Waals surface area contributed by atoms with Crippen LogP contribution in [0.3, 0.4) is 0 Å². The molecule has 1 aliphatic heterocycles. The molecular weight excluding hydrogens is 332 g/mol. The summed E-state index contributed by atoms with van der Waals surface area (Å²) >= 11 is 3.29. The van der Waals surface area contributed by atoms with Crippen molar-refractivity contribution in [3.63, 3.8) is 0 Å². The van der Waals surface area contributed by atoms with Crippen molar-refractivity contribution in [1.29, 1.82) is 0 Å². The number of sulfonamides is 1. The monoisotopic (exact) mass is 346 g/mol. The second-order valence-corrected chi connectivity index (χ2v) is 7.27. The number of nitrogens with zero attached hydrogens (tertiary/aromatic N) is 1. The van der Waals surface area contributed by atoms with Crippen LogP contribution < -0.4 is 4.72 Å². The number of carbonyl (C=O) groups is 1. The van der Waals surface area contributed by atoms with Gasteiger partial charge in [0.25, 0.3) is 5.91 Å². The second kappa shape index (κ2) is 5.50. The van der Waals surface area contributed by atoms with Gasteiger partial charge in [-0.2, -0.15) is 0 Å². The Hall–Kier alpha value is -1.08. The minimum absolute atomic E-state index is 0.0599. The average molecular weight is 347 g/mol. The smallest absolute Gasteiger partial charge is 0.253 e. The van der Waals surface area contributed by atoms with Crippen LogP contribution in [-0.2, 0) is 10.0 Å². The first-order valence-electron chi connectivity index (χ1n) is 5.93. The molecule has 0 radical (unpaired) electrons. The van der Waals surface area contributed by atoms with Gasteiger partial charge in [0.15, 0.2) is 0 Å². The molecule has 0 aliphatic carbocycles. The zero-order chi connectivity index (χ0) is 14.0. The van der Waals surface area contributed by atoms with Crippen LogP contribution >= 0.6 is 15.9 Å². The topological polar surface area (TPSA) is 66.5 Å². The Kier molecular flexibility index (Phi) is 4.15. The molecular formula is C12H15BrN2O3S. The van der Waals surface area contributed by atoms with Gasteiger partial charge in [-0.15, -0.1) is 0 Å². The molecule has 0 atom stereocenters. The Bertz CT molecular complexity index is 595. The van der Waals surface area contributed by atoms with Gasteiger partial charge in [0.1, 0.15) is 0 Å². The van der Waals surface area contributed by atoms with Crippen LogP contribution in [0.2, 0.25) is 0 Å². The standard InChI is InChI=1S/C12H15BrN2O3S/c1-19(17,18)14-11-7-9(6-10(13)8-11)12(16)15-4-2-3-5-15/h6-8,14H,2-5H2,1H3. The Morgan fingerprint density at radius 3 is 2.47 bits per heavy atom. The molecule has 7 heteroatoms. The fraction of sp³-hybridized carbons (Fsp3) is 0.417. The minimum atomic E-state index is -3.35. The number of hydrogen-bond acceptors (Lipinski definition) is 3. The molecule has 1 N–H and O–H groups in total. The lowest BCUT2D eigenvalue weighted by Gasteiger charge is -2.16. The van der Waals surface area contributed by atoms with Crippen molar-refractivity contribution in [2.75, 3.05) is 24.1 Å². The van der Waals surface area contributed by atoms with Crippen molar-refractivity contribution in [2.24, 2.45) is 0 Å². The number of benzene rings is 1. The Morgan fingerprint density at radius 2 is 1.89 bits per heavy atom. The number of carbonyl (C=O) groups excluding carboxylic acids is 1. The molecule has 5 nitrogen and oxygen atoms in total. The van der Waals surface area contributed by atoms with Crippen molar-refractivity contribution in [2.45, 2.75) is 12.8 Å². The summed E-state index contributed by atoms with van der Waals surface area (Å²) in [4.78, 5) is 14.0. The van der Waals surface area contributed by atoms with Gasteiger partial charge in [0.2, 0.25) is 10.0 Å². The minimum Gasteiger partial charge on any atom is -0.339 e. The Balaban J connectivity index is 2.28. The van der Waals surface area contributed by atoms with Crippen LogP contribution in [0.5, 0.6) is 0 Å². The highest BCUT2D eigenvalue weighted by atomic mass is 79.9. The van der Waals surface area contributed by atoms with Crippen molar-refractivity contribution in [3.8, 4) is 0 Å². The number of hydrogen-bond donors (Lipinski definition) is 1. The normalized spacial score (nSPS) is 15.6. The largest absolute Gasteiger partial charge is 0.339 e. The van der Waals surface area contributed by atoms with Crippen LogP contribution in [0.25, 0.3) is 0 Å². The molecule has 1 saturated heterocycles. The first kappa shape index (κ1) is 14.3. The first-order chi connectivity index (χ1) is 8.85. The molecule has 1 heterocycles. The summed E-state index contributed by atoms with van der Waals surface area (Å²) in [5, 5.41) is 0. The maximum atomic E-state index is 12.2. The van der Waals surface area contributed by atoms with E-state index in [4.69, 9.17) is 0 Å². The molecule has 1 aliphatic rings. The number of likely N-dealkylation sites (tertiary alicyclic amines) is 1. The van der Waals surface area contributed by atoms with Gasteiger partial charge in [0, 0.05) is 23.1 Å². The van der Waals surface area contributed by atoms with E-state index in [1.165, 1.54) is 0 Å². The zero-order valence-corrected chi connectivity index (χ0v) is 12.9. The summed E-state index contributed by atoms with van der Waals surface area (Å²) in [7, 11) is -3.35. The third-order valence-electron chi connectivity index (χ3n) is 2.84. The Labute approximate surface area is 121 Å². The van der Waals surface area contributed by atoms with Gasteiger partial charge in [-0.25, -0.2) is 8.42 Å². The molecule has 0 spiro atoms. The van der Waals surface area contributed by atoms with Gasteiger partial charge in [-0.1, -0.05) is 15.9 Å². The van der Waals surface area contributed by atoms with E-state index < -0.39 is 10.0 Å². The van der Waals surface area contributed by atoms with Gasteiger partial charge in [-0.05, 0) is 31.0 Å². The van der Waals surface area contributed by atoms with Gasteiger partial charge in [0.05, 0.1) is 11.9 Å². The molecule has 1 aromatic rings. The highest BCUT2D eigenvalue weighted by molar-refractivity contribution is 9.10. The van der Waals surface area contributed by atoms with Crippen molar-refractivity contribution in [1.82, 2.24) is 4.90 Å². The summed E-state index contributed by atoms with van der Waals surface area (Å²) in [5.41, 5.74) is 0.877. The van der Waals surface area contributed by atoms with E-state index in [-0.39, 0.29) is 5.91 Å². The highest BCUT2D eigenvalue weighted by Gasteiger charge is 2.20.